The molecule has 1 saturated heterocycles. The van der Waals surface area contributed by atoms with E-state index in [4.69, 9.17) is 0 Å². The predicted octanol–water partition coefficient (Wildman–Crippen LogP) is 3.25. The van der Waals surface area contributed by atoms with Gasteiger partial charge in [0.25, 0.3) is 0 Å². The SMILES string of the molecule is O=C(NC1CCCCC1)N1CCC(CCNS(=O)(=O)c2ccc(F)cc2)CC1. The number of piperidine rings is 1. The number of hydrogen-bond donors (Lipinski definition) is 2. The Kier molecular flexibility index (Phi) is 7.29. The molecule has 1 aromatic carbocycles. The van der Waals surface area contributed by atoms with Crippen LogP contribution in [0.1, 0.15) is 51.4 Å². The second-order valence-electron chi connectivity index (χ2n) is 7.86. The summed E-state index contributed by atoms with van der Waals surface area (Å²) in [4.78, 5) is 14.4. The first-order valence-electron chi connectivity index (χ1n) is 10.2. The summed E-state index contributed by atoms with van der Waals surface area (Å²) in [7, 11) is -3.61. The predicted molar refractivity (Wildman–Crippen MR) is 106 cm³/mol. The average molecular weight is 412 g/mol. The number of carbonyl (C=O) groups is 1. The van der Waals surface area contributed by atoms with E-state index in [9.17, 15) is 17.6 Å². The molecule has 2 fully saturated rings. The summed E-state index contributed by atoms with van der Waals surface area (Å²) in [6.07, 6.45) is 8.32. The molecule has 1 aliphatic carbocycles. The van der Waals surface area contributed by atoms with Gasteiger partial charge < -0.3 is 10.2 Å². The first-order valence-corrected chi connectivity index (χ1v) is 11.7. The molecule has 0 bridgehead atoms. The number of amides is 2. The van der Waals surface area contributed by atoms with Crippen LogP contribution in [-0.2, 0) is 10.0 Å². The molecule has 1 heterocycles. The molecule has 0 aromatic heterocycles. The minimum Gasteiger partial charge on any atom is -0.335 e. The molecule has 28 heavy (non-hydrogen) atoms. The fourth-order valence-electron chi connectivity index (χ4n) is 4.03. The zero-order chi connectivity index (χ0) is 20.0. The largest absolute Gasteiger partial charge is 0.335 e. The summed E-state index contributed by atoms with van der Waals surface area (Å²) >= 11 is 0. The molecule has 1 aromatic rings. The van der Waals surface area contributed by atoms with Gasteiger partial charge in [-0.25, -0.2) is 22.3 Å². The quantitative estimate of drug-likeness (QED) is 0.754. The normalized spacial score (nSPS) is 19.5. The lowest BCUT2D eigenvalue weighted by molar-refractivity contribution is 0.162. The van der Waals surface area contributed by atoms with Crippen LogP contribution in [-0.4, -0.2) is 45.0 Å². The standard InChI is InChI=1S/C20H30FN3O3S/c21-17-6-8-19(9-7-17)28(26,27)22-13-10-16-11-14-24(15-12-16)20(25)23-18-4-2-1-3-5-18/h6-9,16,18,22H,1-5,10-15H2,(H,23,25). The van der Waals surface area contributed by atoms with Crippen molar-refractivity contribution < 1.29 is 17.6 Å². The topological polar surface area (TPSA) is 78.5 Å². The molecular weight excluding hydrogens is 381 g/mol. The van der Waals surface area contributed by atoms with Crippen LogP contribution < -0.4 is 10.0 Å². The second kappa shape index (κ2) is 9.69. The van der Waals surface area contributed by atoms with E-state index in [1.807, 2.05) is 4.90 Å². The Labute approximate surface area is 166 Å². The van der Waals surface area contributed by atoms with Gasteiger partial charge >= 0.3 is 6.03 Å². The van der Waals surface area contributed by atoms with Gasteiger partial charge in [0.1, 0.15) is 5.82 Å². The lowest BCUT2D eigenvalue weighted by Crippen LogP contribution is -2.48. The smallest absolute Gasteiger partial charge is 0.317 e. The fraction of sp³-hybridized carbons (Fsp3) is 0.650. The molecule has 0 atom stereocenters. The van der Waals surface area contributed by atoms with Gasteiger partial charge in [0, 0.05) is 25.7 Å². The molecule has 2 amide bonds. The molecular formula is C20H30FN3O3S. The number of benzene rings is 1. The number of nitrogens with one attached hydrogen (secondary N) is 2. The van der Waals surface area contributed by atoms with Crippen molar-refractivity contribution >= 4 is 16.1 Å². The third-order valence-corrected chi connectivity index (χ3v) is 7.28. The Bertz CT molecular complexity index is 740. The maximum atomic E-state index is 12.9. The van der Waals surface area contributed by atoms with Gasteiger partial charge in [-0.3, -0.25) is 0 Å². The van der Waals surface area contributed by atoms with Crippen molar-refractivity contribution in [1.29, 1.82) is 0 Å². The zero-order valence-electron chi connectivity index (χ0n) is 16.2. The van der Waals surface area contributed by atoms with Crippen molar-refractivity contribution in [3.05, 3.63) is 30.1 Å². The highest BCUT2D eigenvalue weighted by Gasteiger charge is 2.25. The van der Waals surface area contributed by atoms with Gasteiger partial charge in [0.2, 0.25) is 10.0 Å². The lowest BCUT2D eigenvalue weighted by atomic mass is 9.93. The molecule has 2 aliphatic rings. The maximum absolute atomic E-state index is 12.9. The van der Waals surface area contributed by atoms with E-state index in [2.05, 4.69) is 10.0 Å². The van der Waals surface area contributed by atoms with Crippen LogP contribution >= 0.6 is 0 Å². The Morgan fingerprint density at radius 1 is 1.04 bits per heavy atom. The van der Waals surface area contributed by atoms with Gasteiger partial charge in [0.15, 0.2) is 0 Å². The number of urea groups is 1. The number of rotatable bonds is 6. The molecule has 3 rings (SSSR count). The molecule has 0 radical (unpaired) electrons. The number of sulfonamides is 1. The molecule has 0 unspecified atom stereocenters. The minimum atomic E-state index is -3.61. The van der Waals surface area contributed by atoms with E-state index in [1.165, 1.54) is 31.4 Å². The van der Waals surface area contributed by atoms with Crippen molar-refractivity contribution in [1.82, 2.24) is 14.9 Å². The number of carbonyl (C=O) groups excluding carboxylic acids is 1. The fourth-order valence-corrected chi connectivity index (χ4v) is 5.08. The van der Waals surface area contributed by atoms with Crippen molar-refractivity contribution in [2.45, 2.75) is 62.3 Å². The van der Waals surface area contributed by atoms with Gasteiger partial charge in [-0.2, -0.15) is 0 Å². The monoisotopic (exact) mass is 411 g/mol. The van der Waals surface area contributed by atoms with Gasteiger partial charge in [-0.15, -0.1) is 0 Å². The summed E-state index contributed by atoms with van der Waals surface area (Å²) in [6.45, 7) is 1.78. The highest BCUT2D eigenvalue weighted by atomic mass is 32.2. The summed E-state index contributed by atoms with van der Waals surface area (Å²) < 4.78 is 40.0. The third-order valence-electron chi connectivity index (χ3n) is 5.80. The highest BCUT2D eigenvalue weighted by Crippen LogP contribution is 2.22. The van der Waals surface area contributed by atoms with E-state index in [-0.39, 0.29) is 10.9 Å². The molecule has 1 aliphatic heterocycles. The van der Waals surface area contributed by atoms with Gasteiger partial charge in [-0.05, 0) is 62.3 Å². The number of hydrogen-bond acceptors (Lipinski definition) is 3. The van der Waals surface area contributed by atoms with Crippen LogP contribution in [0.2, 0.25) is 0 Å². The van der Waals surface area contributed by atoms with Crippen LogP contribution in [0.4, 0.5) is 9.18 Å². The average Bonchev–Trinajstić information content (AvgIpc) is 2.69. The van der Waals surface area contributed by atoms with Crippen LogP contribution in [0, 0.1) is 11.7 Å². The molecule has 0 spiro atoms. The van der Waals surface area contributed by atoms with E-state index in [1.54, 1.807) is 0 Å². The molecule has 156 valence electrons. The van der Waals surface area contributed by atoms with Crippen molar-refractivity contribution in [3.63, 3.8) is 0 Å². The Morgan fingerprint density at radius 3 is 2.32 bits per heavy atom. The van der Waals surface area contributed by atoms with Gasteiger partial charge in [-0.1, -0.05) is 19.3 Å². The Balaban J connectivity index is 1.37. The van der Waals surface area contributed by atoms with Crippen molar-refractivity contribution in [2.75, 3.05) is 19.6 Å². The Hall–Kier alpha value is -1.67. The second-order valence-corrected chi connectivity index (χ2v) is 9.62. The lowest BCUT2D eigenvalue weighted by Gasteiger charge is -2.34. The zero-order valence-corrected chi connectivity index (χ0v) is 17.0. The van der Waals surface area contributed by atoms with E-state index in [0.29, 0.717) is 31.6 Å². The molecule has 8 heteroatoms. The summed E-state index contributed by atoms with van der Waals surface area (Å²) in [5.41, 5.74) is 0. The molecule has 6 nitrogen and oxygen atoms in total. The van der Waals surface area contributed by atoms with Crippen molar-refractivity contribution in [3.8, 4) is 0 Å². The van der Waals surface area contributed by atoms with Crippen LogP contribution in [0.3, 0.4) is 0 Å². The number of nitrogens with zero attached hydrogens (tertiary/aromatic N) is 1. The maximum Gasteiger partial charge on any atom is 0.317 e. The summed E-state index contributed by atoms with van der Waals surface area (Å²) in [5, 5.41) is 3.16. The van der Waals surface area contributed by atoms with E-state index in [0.717, 1.165) is 44.2 Å². The molecule has 1 saturated carbocycles. The highest BCUT2D eigenvalue weighted by molar-refractivity contribution is 7.89. The number of likely N-dealkylation sites (tertiary alicyclic amines) is 1. The van der Waals surface area contributed by atoms with Crippen LogP contribution in [0.5, 0.6) is 0 Å². The number of halogens is 1. The van der Waals surface area contributed by atoms with Crippen LogP contribution in [0.25, 0.3) is 0 Å². The first-order chi connectivity index (χ1) is 13.4. The van der Waals surface area contributed by atoms with Gasteiger partial charge in [0.05, 0.1) is 4.90 Å². The summed E-state index contributed by atoms with van der Waals surface area (Å²) in [6, 6.07) is 5.18. The van der Waals surface area contributed by atoms with E-state index < -0.39 is 15.8 Å². The first kappa shape index (κ1) is 21.0. The minimum absolute atomic E-state index is 0.0439. The van der Waals surface area contributed by atoms with Crippen LogP contribution in [0.15, 0.2) is 29.2 Å². The van der Waals surface area contributed by atoms with Crippen molar-refractivity contribution in [2.24, 2.45) is 5.92 Å². The third kappa shape index (κ3) is 5.91. The van der Waals surface area contributed by atoms with E-state index >= 15 is 0 Å². The Morgan fingerprint density at radius 2 is 1.68 bits per heavy atom. The molecule has 2 N–H and O–H groups in total. The summed E-state index contributed by atoms with van der Waals surface area (Å²) in [5.74, 6) is -0.0621.